The normalized spacial score (nSPS) is 17.9. The molecule has 4 heteroatoms. The molecule has 1 aromatic carbocycles. The third-order valence-corrected chi connectivity index (χ3v) is 4.46. The smallest absolute Gasteiger partial charge is 0.0522 e. The van der Waals surface area contributed by atoms with Gasteiger partial charge < -0.3 is 0 Å². The van der Waals surface area contributed by atoms with Crippen molar-refractivity contribution in [3.8, 4) is 0 Å². The highest BCUT2D eigenvalue weighted by Gasteiger charge is 2.50. The molecule has 1 atom stereocenters. The molecular formula is C16H22N4. The van der Waals surface area contributed by atoms with Crippen molar-refractivity contribution >= 4 is 0 Å². The first-order valence-corrected chi connectivity index (χ1v) is 7.31. The Hall–Kier alpha value is -1.65. The van der Waals surface area contributed by atoms with Crippen LogP contribution in [0.25, 0.3) is 0 Å². The van der Waals surface area contributed by atoms with Gasteiger partial charge in [-0.05, 0) is 37.3 Å². The van der Waals surface area contributed by atoms with Gasteiger partial charge in [-0.1, -0.05) is 30.3 Å². The third-order valence-electron chi connectivity index (χ3n) is 4.46. The van der Waals surface area contributed by atoms with Crippen molar-refractivity contribution < 1.29 is 0 Å². The minimum atomic E-state index is 0.199. The molecule has 0 aliphatic heterocycles. The van der Waals surface area contributed by atoms with Crippen LogP contribution in [0.5, 0.6) is 0 Å². The predicted octanol–water partition coefficient (Wildman–Crippen LogP) is 2.01. The van der Waals surface area contributed by atoms with E-state index >= 15 is 0 Å². The fraction of sp³-hybridized carbons (Fsp3) is 0.438. The van der Waals surface area contributed by atoms with E-state index in [1.54, 1.807) is 0 Å². The Balaban J connectivity index is 1.80. The quantitative estimate of drug-likeness (QED) is 0.623. The predicted molar refractivity (Wildman–Crippen MR) is 80.1 cm³/mol. The number of benzene rings is 1. The van der Waals surface area contributed by atoms with Gasteiger partial charge in [0.1, 0.15) is 0 Å². The van der Waals surface area contributed by atoms with Gasteiger partial charge in [-0.25, -0.2) is 0 Å². The summed E-state index contributed by atoms with van der Waals surface area (Å²) in [6, 6.07) is 11.0. The monoisotopic (exact) mass is 270 g/mol. The Morgan fingerprint density at radius 3 is 2.65 bits per heavy atom. The summed E-state index contributed by atoms with van der Waals surface area (Å²) in [5.74, 6) is 5.85. The SMILES string of the molecule is CCn1cc(CC(NN)C2(c3ccccc3)CC2)cn1. The number of hydrogen-bond donors (Lipinski definition) is 2. The molecule has 3 rings (SSSR count). The summed E-state index contributed by atoms with van der Waals surface area (Å²) in [6.45, 7) is 3.01. The molecule has 3 N–H and O–H groups in total. The van der Waals surface area contributed by atoms with Crippen LogP contribution in [0, 0.1) is 0 Å². The molecule has 20 heavy (non-hydrogen) atoms. The second-order valence-corrected chi connectivity index (χ2v) is 5.65. The zero-order chi connectivity index (χ0) is 14.0. The molecule has 4 nitrogen and oxygen atoms in total. The molecule has 0 radical (unpaired) electrons. The highest BCUT2D eigenvalue weighted by Crippen LogP contribution is 2.51. The van der Waals surface area contributed by atoms with Gasteiger partial charge in [-0.2, -0.15) is 5.10 Å². The van der Waals surface area contributed by atoms with Crippen LogP contribution in [-0.2, 0) is 18.4 Å². The summed E-state index contributed by atoms with van der Waals surface area (Å²) in [4.78, 5) is 0. The Morgan fingerprint density at radius 1 is 1.35 bits per heavy atom. The molecule has 0 bridgehead atoms. The molecule has 1 saturated carbocycles. The minimum Gasteiger partial charge on any atom is -0.273 e. The molecule has 1 aliphatic rings. The Morgan fingerprint density at radius 2 is 2.10 bits per heavy atom. The van der Waals surface area contributed by atoms with Crippen molar-refractivity contribution in [1.82, 2.24) is 15.2 Å². The first-order chi connectivity index (χ1) is 9.78. The molecule has 1 aromatic heterocycles. The maximum Gasteiger partial charge on any atom is 0.0522 e. The second kappa shape index (κ2) is 5.38. The van der Waals surface area contributed by atoms with Crippen molar-refractivity contribution in [1.29, 1.82) is 0 Å². The number of nitrogens with two attached hydrogens (primary N) is 1. The van der Waals surface area contributed by atoms with Crippen LogP contribution >= 0.6 is 0 Å². The van der Waals surface area contributed by atoms with Crippen LogP contribution < -0.4 is 11.3 Å². The average Bonchev–Trinajstić information content (AvgIpc) is 3.19. The number of hydrazine groups is 1. The van der Waals surface area contributed by atoms with Crippen molar-refractivity contribution in [2.45, 2.75) is 44.2 Å². The Kier molecular flexibility index (Phi) is 3.59. The van der Waals surface area contributed by atoms with Gasteiger partial charge in [-0.3, -0.25) is 16.0 Å². The summed E-state index contributed by atoms with van der Waals surface area (Å²) in [5, 5.41) is 4.35. The fourth-order valence-corrected chi connectivity index (χ4v) is 3.08. The first kappa shape index (κ1) is 13.3. The number of nitrogens with one attached hydrogen (secondary N) is 1. The second-order valence-electron chi connectivity index (χ2n) is 5.65. The highest BCUT2D eigenvalue weighted by atomic mass is 15.3. The lowest BCUT2D eigenvalue weighted by molar-refractivity contribution is 0.420. The lowest BCUT2D eigenvalue weighted by atomic mass is 9.85. The summed E-state index contributed by atoms with van der Waals surface area (Å²) in [7, 11) is 0. The largest absolute Gasteiger partial charge is 0.273 e. The lowest BCUT2D eigenvalue weighted by Gasteiger charge is -2.26. The van der Waals surface area contributed by atoms with Crippen LogP contribution in [0.3, 0.4) is 0 Å². The number of rotatable bonds is 6. The van der Waals surface area contributed by atoms with E-state index in [0.717, 1.165) is 13.0 Å². The molecule has 1 unspecified atom stereocenters. The average molecular weight is 270 g/mol. The molecule has 0 amide bonds. The summed E-state index contributed by atoms with van der Waals surface area (Å²) < 4.78 is 1.96. The molecule has 2 aromatic rings. The van der Waals surface area contributed by atoms with Crippen molar-refractivity contribution in [3.05, 3.63) is 53.9 Å². The zero-order valence-electron chi connectivity index (χ0n) is 11.9. The van der Waals surface area contributed by atoms with E-state index in [9.17, 15) is 0 Å². The van der Waals surface area contributed by atoms with Gasteiger partial charge in [0.15, 0.2) is 0 Å². The lowest BCUT2D eigenvalue weighted by Crippen LogP contribution is -2.45. The highest BCUT2D eigenvalue weighted by molar-refractivity contribution is 5.34. The van der Waals surface area contributed by atoms with Crippen LogP contribution in [-0.4, -0.2) is 15.8 Å². The fourth-order valence-electron chi connectivity index (χ4n) is 3.08. The molecule has 0 saturated heterocycles. The summed E-state index contributed by atoms with van der Waals surface area (Å²) >= 11 is 0. The summed E-state index contributed by atoms with van der Waals surface area (Å²) in [6.07, 6.45) is 7.40. The maximum atomic E-state index is 5.85. The molecule has 106 valence electrons. The van der Waals surface area contributed by atoms with Crippen LogP contribution in [0.1, 0.15) is 30.9 Å². The number of hydrogen-bond acceptors (Lipinski definition) is 3. The molecule has 0 spiro atoms. The van der Waals surface area contributed by atoms with E-state index in [-0.39, 0.29) is 11.5 Å². The van der Waals surface area contributed by atoms with Crippen molar-refractivity contribution in [2.24, 2.45) is 5.84 Å². The van der Waals surface area contributed by atoms with Gasteiger partial charge in [0.25, 0.3) is 0 Å². The van der Waals surface area contributed by atoms with Gasteiger partial charge in [-0.15, -0.1) is 0 Å². The van der Waals surface area contributed by atoms with Gasteiger partial charge in [0, 0.05) is 24.2 Å². The minimum absolute atomic E-state index is 0.199. The molecular weight excluding hydrogens is 248 g/mol. The molecule has 1 heterocycles. The van der Waals surface area contributed by atoms with Gasteiger partial charge in [0.05, 0.1) is 6.20 Å². The molecule has 1 fully saturated rings. The van der Waals surface area contributed by atoms with E-state index in [1.807, 2.05) is 10.9 Å². The number of aryl methyl sites for hydroxylation is 1. The van der Waals surface area contributed by atoms with E-state index in [4.69, 9.17) is 5.84 Å². The third kappa shape index (κ3) is 2.37. The van der Waals surface area contributed by atoms with E-state index in [2.05, 4.69) is 54.0 Å². The standard InChI is InChI=1S/C16H22N4/c1-2-20-12-13(11-18-20)10-15(19-17)16(8-9-16)14-6-4-3-5-7-14/h3-7,11-12,15,19H,2,8-10,17H2,1H3. The van der Waals surface area contributed by atoms with Gasteiger partial charge >= 0.3 is 0 Å². The van der Waals surface area contributed by atoms with Crippen LogP contribution in [0.2, 0.25) is 0 Å². The van der Waals surface area contributed by atoms with E-state index in [1.165, 1.54) is 24.0 Å². The zero-order valence-corrected chi connectivity index (χ0v) is 11.9. The van der Waals surface area contributed by atoms with Crippen molar-refractivity contribution in [3.63, 3.8) is 0 Å². The number of aromatic nitrogens is 2. The maximum absolute atomic E-state index is 5.85. The van der Waals surface area contributed by atoms with E-state index < -0.39 is 0 Å². The Labute approximate surface area is 120 Å². The first-order valence-electron chi connectivity index (χ1n) is 7.31. The molecule has 1 aliphatic carbocycles. The number of nitrogens with zero attached hydrogens (tertiary/aromatic N) is 2. The van der Waals surface area contributed by atoms with Crippen molar-refractivity contribution in [2.75, 3.05) is 0 Å². The Bertz CT molecular complexity index is 557. The summed E-state index contributed by atoms with van der Waals surface area (Å²) in [5.41, 5.74) is 5.88. The topological polar surface area (TPSA) is 55.9 Å². The van der Waals surface area contributed by atoms with Crippen LogP contribution in [0.4, 0.5) is 0 Å². The van der Waals surface area contributed by atoms with Gasteiger partial charge in [0.2, 0.25) is 0 Å². The van der Waals surface area contributed by atoms with E-state index in [0.29, 0.717) is 0 Å². The van der Waals surface area contributed by atoms with Crippen LogP contribution in [0.15, 0.2) is 42.7 Å².